The lowest BCUT2D eigenvalue weighted by Crippen LogP contribution is -2.28. The van der Waals surface area contributed by atoms with Gasteiger partial charge in [-0.3, -0.25) is 0 Å². The van der Waals surface area contributed by atoms with Crippen molar-refractivity contribution in [2.24, 2.45) is 0 Å². The lowest BCUT2D eigenvalue weighted by atomic mass is 10.3. The third kappa shape index (κ3) is 3.68. The van der Waals surface area contributed by atoms with Gasteiger partial charge in [-0.15, -0.1) is 0 Å². The zero-order chi connectivity index (χ0) is 18.0. The Hall–Kier alpha value is -1.96. The van der Waals surface area contributed by atoms with E-state index in [9.17, 15) is 8.42 Å². The molecule has 0 unspecified atom stereocenters. The van der Waals surface area contributed by atoms with Crippen molar-refractivity contribution in [3.8, 4) is 0 Å². The Kier molecular flexibility index (Phi) is 5.08. The average molecular weight is 420 g/mol. The van der Waals surface area contributed by atoms with Crippen LogP contribution in [-0.4, -0.2) is 29.3 Å². The third-order valence-electron chi connectivity index (χ3n) is 3.88. The van der Waals surface area contributed by atoms with Crippen LogP contribution in [0.25, 0.3) is 11.0 Å². The number of imidazole rings is 1. The summed E-state index contributed by atoms with van der Waals surface area (Å²) in [5.74, 6) is 0.670. The molecule has 0 aliphatic heterocycles. The first-order valence-electron chi connectivity index (χ1n) is 7.68. The summed E-state index contributed by atoms with van der Waals surface area (Å²) in [4.78, 5) is 4.88. The molecule has 7 heteroatoms. The highest BCUT2D eigenvalue weighted by molar-refractivity contribution is 9.11. The molecule has 0 fully saturated rings. The van der Waals surface area contributed by atoms with Gasteiger partial charge in [0.25, 0.3) is 0 Å². The highest BCUT2D eigenvalue weighted by Crippen LogP contribution is 2.22. The average Bonchev–Trinajstić information content (AvgIpc) is 2.92. The summed E-state index contributed by atoms with van der Waals surface area (Å²) < 4.78 is 29.6. The van der Waals surface area contributed by atoms with E-state index < -0.39 is 10.0 Å². The van der Waals surface area contributed by atoms with Gasteiger partial charge >= 0.3 is 0 Å². The van der Waals surface area contributed by atoms with Crippen LogP contribution in [0.2, 0.25) is 0 Å². The standard InChI is InChI=1S/C18H18BrN3O2S/c1-14(19)12-22-17-11-7-6-10-16(17)20-18(22)13-21(2)25(23,24)15-8-4-3-5-9-15/h3-11H,1,12-13H2,2H3. The molecular weight excluding hydrogens is 402 g/mol. The second-order valence-electron chi connectivity index (χ2n) is 5.69. The number of sulfonamides is 1. The van der Waals surface area contributed by atoms with Crippen LogP contribution < -0.4 is 0 Å². The number of benzene rings is 2. The van der Waals surface area contributed by atoms with Gasteiger partial charge in [0.15, 0.2) is 0 Å². The molecule has 1 heterocycles. The first-order valence-corrected chi connectivity index (χ1v) is 9.91. The molecular formula is C18H18BrN3O2S. The van der Waals surface area contributed by atoms with Gasteiger partial charge < -0.3 is 4.57 Å². The van der Waals surface area contributed by atoms with Gasteiger partial charge in [-0.1, -0.05) is 52.8 Å². The summed E-state index contributed by atoms with van der Waals surface area (Å²) in [5.41, 5.74) is 1.78. The second-order valence-corrected chi connectivity index (χ2v) is 8.86. The number of fused-ring (bicyclic) bond motifs is 1. The molecule has 5 nitrogen and oxygen atoms in total. The molecule has 0 radical (unpaired) electrons. The van der Waals surface area contributed by atoms with Crippen molar-refractivity contribution in [1.82, 2.24) is 13.9 Å². The molecule has 25 heavy (non-hydrogen) atoms. The maximum atomic E-state index is 12.7. The molecule has 0 aliphatic carbocycles. The van der Waals surface area contributed by atoms with Crippen molar-refractivity contribution in [1.29, 1.82) is 0 Å². The van der Waals surface area contributed by atoms with Crippen molar-refractivity contribution in [3.63, 3.8) is 0 Å². The number of para-hydroxylation sites is 2. The third-order valence-corrected chi connectivity index (χ3v) is 5.95. The van der Waals surface area contributed by atoms with E-state index in [-0.39, 0.29) is 11.4 Å². The van der Waals surface area contributed by atoms with Gasteiger partial charge in [0.2, 0.25) is 10.0 Å². The van der Waals surface area contributed by atoms with E-state index >= 15 is 0 Å². The lowest BCUT2D eigenvalue weighted by Gasteiger charge is -2.18. The number of aromatic nitrogens is 2. The van der Waals surface area contributed by atoms with Gasteiger partial charge in [0.1, 0.15) is 5.82 Å². The van der Waals surface area contributed by atoms with Crippen molar-refractivity contribution in [2.45, 2.75) is 18.0 Å². The number of allylic oxidation sites excluding steroid dienone is 1. The van der Waals surface area contributed by atoms with Crippen molar-refractivity contribution in [3.05, 3.63) is 71.5 Å². The van der Waals surface area contributed by atoms with Crippen LogP contribution >= 0.6 is 15.9 Å². The Morgan fingerprint density at radius 3 is 2.48 bits per heavy atom. The molecule has 0 aliphatic rings. The van der Waals surface area contributed by atoms with E-state index in [4.69, 9.17) is 0 Å². The predicted octanol–water partition coefficient (Wildman–Crippen LogP) is 3.77. The molecule has 0 spiro atoms. The van der Waals surface area contributed by atoms with Crippen LogP contribution in [0.1, 0.15) is 5.82 Å². The molecule has 130 valence electrons. The van der Waals surface area contributed by atoms with E-state index in [2.05, 4.69) is 27.5 Å². The summed E-state index contributed by atoms with van der Waals surface area (Å²) in [6.45, 7) is 4.59. The number of halogens is 1. The minimum Gasteiger partial charge on any atom is -0.322 e. The molecule has 3 aromatic rings. The van der Waals surface area contributed by atoms with Crippen LogP contribution in [0.5, 0.6) is 0 Å². The molecule has 0 saturated heterocycles. The van der Waals surface area contributed by atoms with E-state index in [1.165, 1.54) is 4.31 Å². The summed E-state index contributed by atoms with van der Waals surface area (Å²) in [5, 5.41) is 0. The fourth-order valence-corrected chi connectivity index (χ4v) is 4.05. The Morgan fingerprint density at radius 2 is 1.80 bits per heavy atom. The quantitative estimate of drug-likeness (QED) is 0.610. The summed E-state index contributed by atoms with van der Waals surface area (Å²) in [7, 11) is -2.01. The maximum absolute atomic E-state index is 12.7. The van der Waals surface area contributed by atoms with Crippen LogP contribution in [0.3, 0.4) is 0 Å². The zero-order valence-electron chi connectivity index (χ0n) is 13.8. The monoisotopic (exact) mass is 419 g/mol. The SMILES string of the molecule is C=C(Br)Cn1c(CN(C)S(=O)(=O)c2ccccc2)nc2ccccc21. The van der Waals surface area contributed by atoms with Crippen LogP contribution in [0.15, 0.2) is 70.6 Å². The second kappa shape index (κ2) is 7.11. The normalized spacial score (nSPS) is 12.0. The molecule has 3 rings (SSSR count). The molecule has 0 N–H and O–H groups in total. The Balaban J connectivity index is 1.98. The summed E-state index contributed by atoms with van der Waals surface area (Å²) in [6, 6.07) is 16.1. The van der Waals surface area contributed by atoms with Gasteiger partial charge in [0.05, 0.1) is 29.0 Å². The topological polar surface area (TPSA) is 55.2 Å². The van der Waals surface area contributed by atoms with Crippen LogP contribution in [0.4, 0.5) is 0 Å². The summed E-state index contributed by atoms with van der Waals surface area (Å²) >= 11 is 3.38. The number of nitrogens with zero attached hydrogens (tertiary/aromatic N) is 3. The van der Waals surface area contributed by atoms with Crippen LogP contribution in [-0.2, 0) is 23.1 Å². The lowest BCUT2D eigenvalue weighted by molar-refractivity contribution is 0.450. The van der Waals surface area contributed by atoms with Gasteiger partial charge in [-0.25, -0.2) is 13.4 Å². The largest absolute Gasteiger partial charge is 0.322 e. The fraction of sp³-hybridized carbons (Fsp3) is 0.167. The van der Waals surface area contributed by atoms with E-state index in [0.29, 0.717) is 12.4 Å². The highest BCUT2D eigenvalue weighted by Gasteiger charge is 2.23. The van der Waals surface area contributed by atoms with E-state index in [1.54, 1.807) is 37.4 Å². The highest BCUT2D eigenvalue weighted by atomic mass is 79.9. The maximum Gasteiger partial charge on any atom is 0.243 e. The molecule has 0 amide bonds. The molecule has 0 atom stereocenters. The first kappa shape index (κ1) is 17.8. The van der Waals surface area contributed by atoms with E-state index in [1.807, 2.05) is 28.8 Å². The van der Waals surface area contributed by atoms with Crippen LogP contribution in [0, 0.1) is 0 Å². The molecule has 0 saturated carbocycles. The predicted molar refractivity (Wildman–Crippen MR) is 103 cm³/mol. The number of hydrogen-bond donors (Lipinski definition) is 0. The molecule has 2 aromatic carbocycles. The Bertz CT molecular complexity index is 1010. The smallest absolute Gasteiger partial charge is 0.243 e. The number of rotatable bonds is 6. The molecule has 0 bridgehead atoms. The van der Waals surface area contributed by atoms with Gasteiger partial charge in [-0.2, -0.15) is 4.31 Å². The molecule has 1 aromatic heterocycles. The Labute approximate surface area is 155 Å². The minimum atomic E-state index is -3.57. The summed E-state index contributed by atoms with van der Waals surface area (Å²) in [6.07, 6.45) is 0. The van der Waals surface area contributed by atoms with Crippen molar-refractivity contribution >= 4 is 37.0 Å². The fourth-order valence-electron chi connectivity index (χ4n) is 2.65. The van der Waals surface area contributed by atoms with Crippen molar-refractivity contribution < 1.29 is 8.42 Å². The Morgan fingerprint density at radius 1 is 1.16 bits per heavy atom. The van der Waals surface area contributed by atoms with Crippen molar-refractivity contribution in [2.75, 3.05) is 7.05 Å². The minimum absolute atomic E-state index is 0.173. The number of hydrogen-bond acceptors (Lipinski definition) is 3. The van der Waals surface area contributed by atoms with Gasteiger partial charge in [-0.05, 0) is 24.3 Å². The first-order chi connectivity index (χ1) is 11.9. The van der Waals surface area contributed by atoms with E-state index in [0.717, 1.165) is 15.5 Å². The zero-order valence-corrected chi connectivity index (χ0v) is 16.2. The van der Waals surface area contributed by atoms with Gasteiger partial charge in [0, 0.05) is 11.5 Å².